The summed E-state index contributed by atoms with van der Waals surface area (Å²) in [6.45, 7) is 6.74. The van der Waals surface area contributed by atoms with Crippen molar-refractivity contribution in [2.45, 2.75) is 29.2 Å². The van der Waals surface area contributed by atoms with Gasteiger partial charge in [-0.15, -0.1) is 0 Å². The number of rotatable bonds is 1. The summed E-state index contributed by atoms with van der Waals surface area (Å²) in [6.07, 6.45) is 1.04. The number of halogens is 1. The lowest BCUT2D eigenvalue weighted by molar-refractivity contribution is 0.110. The molecular formula is C20H23ClN2S. The zero-order chi connectivity index (χ0) is 16.7. The van der Waals surface area contributed by atoms with Crippen molar-refractivity contribution in [1.82, 2.24) is 9.80 Å². The Labute approximate surface area is 153 Å². The monoisotopic (exact) mass is 358 g/mol. The molecule has 2 heterocycles. The molecule has 0 saturated carbocycles. The minimum absolute atomic E-state index is 0.446. The van der Waals surface area contributed by atoms with Crippen molar-refractivity contribution in [3.8, 4) is 0 Å². The second-order valence-electron chi connectivity index (χ2n) is 6.95. The van der Waals surface area contributed by atoms with Gasteiger partial charge in [-0.25, -0.2) is 0 Å². The predicted octanol–water partition coefficient (Wildman–Crippen LogP) is 4.64. The van der Waals surface area contributed by atoms with Gasteiger partial charge in [0.15, 0.2) is 0 Å². The highest BCUT2D eigenvalue weighted by Gasteiger charge is 2.29. The Morgan fingerprint density at radius 3 is 2.58 bits per heavy atom. The van der Waals surface area contributed by atoms with Crippen LogP contribution in [0.15, 0.2) is 46.2 Å². The standard InChI is InChI=1S/C20H23ClN2S/c1-14-3-5-17-18(23-9-7-22(2)8-10-23)13-15-12-16(21)4-6-19(15)24-20(17)11-14/h3-6,11-12,18H,7-10,13H2,1-2H3. The molecule has 1 saturated heterocycles. The highest BCUT2D eigenvalue weighted by molar-refractivity contribution is 7.99. The van der Waals surface area contributed by atoms with Gasteiger partial charge in [-0.05, 0) is 61.3 Å². The molecule has 0 N–H and O–H groups in total. The molecule has 0 radical (unpaired) electrons. The van der Waals surface area contributed by atoms with Crippen LogP contribution in [-0.2, 0) is 6.42 Å². The number of fused-ring (bicyclic) bond motifs is 2. The zero-order valence-electron chi connectivity index (χ0n) is 14.3. The van der Waals surface area contributed by atoms with Gasteiger partial charge < -0.3 is 4.90 Å². The molecule has 2 aliphatic rings. The van der Waals surface area contributed by atoms with Crippen molar-refractivity contribution in [2.75, 3.05) is 33.2 Å². The van der Waals surface area contributed by atoms with E-state index < -0.39 is 0 Å². The molecule has 0 bridgehead atoms. The first-order valence-electron chi connectivity index (χ1n) is 8.59. The first-order chi connectivity index (χ1) is 11.6. The number of piperazine rings is 1. The third-order valence-corrected chi connectivity index (χ3v) is 6.59. The van der Waals surface area contributed by atoms with E-state index in [4.69, 9.17) is 11.6 Å². The Balaban J connectivity index is 1.77. The second kappa shape index (κ2) is 6.72. The summed E-state index contributed by atoms with van der Waals surface area (Å²) in [7, 11) is 2.21. The molecule has 0 aromatic heterocycles. The molecule has 2 aliphatic heterocycles. The van der Waals surface area contributed by atoms with E-state index in [1.165, 1.54) is 26.5 Å². The maximum absolute atomic E-state index is 6.29. The minimum atomic E-state index is 0.446. The van der Waals surface area contributed by atoms with Crippen LogP contribution in [0.2, 0.25) is 5.02 Å². The largest absolute Gasteiger partial charge is 0.304 e. The molecule has 0 spiro atoms. The molecule has 1 atom stereocenters. The third-order valence-electron chi connectivity index (χ3n) is 5.16. The summed E-state index contributed by atoms with van der Waals surface area (Å²) in [5, 5.41) is 0.841. The number of benzene rings is 2. The van der Waals surface area contributed by atoms with Crippen molar-refractivity contribution >= 4 is 23.4 Å². The van der Waals surface area contributed by atoms with Crippen LogP contribution >= 0.6 is 23.4 Å². The van der Waals surface area contributed by atoms with E-state index in [9.17, 15) is 0 Å². The molecule has 0 amide bonds. The van der Waals surface area contributed by atoms with Crippen LogP contribution in [0, 0.1) is 6.92 Å². The molecule has 0 aliphatic carbocycles. The first-order valence-corrected chi connectivity index (χ1v) is 9.79. The van der Waals surface area contributed by atoms with Gasteiger partial charge in [0.1, 0.15) is 0 Å². The first kappa shape index (κ1) is 16.5. The molecule has 2 aromatic rings. The maximum atomic E-state index is 6.29. The van der Waals surface area contributed by atoms with E-state index in [0.717, 1.165) is 37.6 Å². The summed E-state index contributed by atoms with van der Waals surface area (Å²) < 4.78 is 0. The van der Waals surface area contributed by atoms with E-state index in [0.29, 0.717) is 6.04 Å². The highest BCUT2D eigenvalue weighted by atomic mass is 35.5. The van der Waals surface area contributed by atoms with Crippen LogP contribution in [-0.4, -0.2) is 43.0 Å². The topological polar surface area (TPSA) is 6.48 Å². The van der Waals surface area contributed by atoms with E-state index in [-0.39, 0.29) is 0 Å². The zero-order valence-corrected chi connectivity index (χ0v) is 15.8. The number of likely N-dealkylation sites (N-methyl/N-ethyl adjacent to an activating group) is 1. The Kier molecular flexibility index (Phi) is 4.61. The van der Waals surface area contributed by atoms with Gasteiger partial charge in [0.25, 0.3) is 0 Å². The van der Waals surface area contributed by atoms with Crippen LogP contribution in [0.5, 0.6) is 0 Å². The fraction of sp³-hybridized carbons (Fsp3) is 0.400. The van der Waals surface area contributed by atoms with Crippen LogP contribution < -0.4 is 0 Å². The van der Waals surface area contributed by atoms with Gasteiger partial charge >= 0.3 is 0 Å². The lowest BCUT2D eigenvalue weighted by Gasteiger charge is -2.38. The van der Waals surface area contributed by atoms with Gasteiger partial charge in [0.05, 0.1) is 0 Å². The minimum Gasteiger partial charge on any atom is -0.304 e. The van der Waals surface area contributed by atoms with Gasteiger partial charge in [0.2, 0.25) is 0 Å². The van der Waals surface area contributed by atoms with Crippen LogP contribution in [0.1, 0.15) is 22.7 Å². The molecule has 24 heavy (non-hydrogen) atoms. The van der Waals surface area contributed by atoms with Gasteiger partial charge in [-0.1, -0.05) is 35.5 Å². The van der Waals surface area contributed by atoms with Crippen LogP contribution in [0.25, 0.3) is 0 Å². The summed E-state index contributed by atoms with van der Waals surface area (Å²) >= 11 is 8.19. The molecule has 1 fully saturated rings. The smallest absolute Gasteiger partial charge is 0.0409 e. The van der Waals surface area contributed by atoms with Crippen LogP contribution in [0.4, 0.5) is 0 Å². The van der Waals surface area contributed by atoms with Crippen LogP contribution in [0.3, 0.4) is 0 Å². The Bertz CT molecular complexity index is 753. The Morgan fingerprint density at radius 1 is 1.00 bits per heavy atom. The molecule has 2 nitrogen and oxygen atoms in total. The van der Waals surface area contributed by atoms with Gasteiger partial charge in [0, 0.05) is 47.0 Å². The summed E-state index contributed by atoms with van der Waals surface area (Å²) in [5.41, 5.74) is 4.18. The highest BCUT2D eigenvalue weighted by Crippen LogP contribution is 2.43. The lowest BCUT2D eigenvalue weighted by atomic mass is 9.96. The molecule has 1 unspecified atom stereocenters. The van der Waals surface area contributed by atoms with Crippen molar-refractivity contribution in [2.24, 2.45) is 0 Å². The van der Waals surface area contributed by atoms with E-state index in [1.807, 2.05) is 17.8 Å². The quantitative estimate of drug-likeness (QED) is 0.733. The van der Waals surface area contributed by atoms with Gasteiger partial charge in [-0.2, -0.15) is 0 Å². The van der Waals surface area contributed by atoms with E-state index in [1.54, 1.807) is 0 Å². The maximum Gasteiger partial charge on any atom is 0.0409 e. The van der Waals surface area contributed by atoms with Crippen molar-refractivity contribution in [3.05, 3.63) is 58.1 Å². The Morgan fingerprint density at radius 2 is 1.79 bits per heavy atom. The number of aryl methyl sites for hydroxylation is 1. The average molecular weight is 359 g/mol. The SMILES string of the molecule is Cc1ccc2c(c1)Sc1ccc(Cl)cc1CC2N1CCN(C)CC1. The predicted molar refractivity (Wildman–Crippen MR) is 102 cm³/mol. The summed E-state index contributed by atoms with van der Waals surface area (Å²) in [4.78, 5) is 7.83. The van der Waals surface area contributed by atoms with Gasteiger partial charge in [-0.3, -0.25) is 4.90 Å². The average Bonchev–Trinajstić information content (AvgIpc) is 2.71. The second-order valence-corrected chi connectivity index (χ2v) is 8.47. The Hall–Kier alpha value is -1.00. The number of nitrogens with zero attached hydrogens (tertiary/aromatic N) is 2. The van der Waals surface area contributed by atoms with E-state index in [2.05, 4.69) is 54.1 Å². The fourth-order valence-corrected chi connectivity index (χ4v) is 5.12. The van der Waals surface area contributed by atoms with Crippen molar-refractivity contribution < 1.29 is 0 Å². The van der Waals surface area contributed by atoms with E-state index >= 15 is 0 Å². The molecule has 126 valence electrons. The molecule has 4 heteroatoms. The van der Waals surface area contributed by atoms with Crippen molar-refractivity contribution in [3.63, 3.8) is 0 Å². The molecule has 4 rings (SSSR count). The summed E-state index contributed by atoms with van der Waals surface area (Å²) in [6, 6.07) is 13.7. The normalized spacial score (nSPS) is 21.9. The van der Waals surface area contributed by atoms with Crippen molar-refractivity contribution in [1.29, 1.82) is 0 Å². The lowest BCUT2D eigenvalue weighted by Crippen LogP contribution is -2.46. The third kappa shape index (κ3) is 3.23. The fourth-order valence-electron chi connectivity index (χ4n) is 3.71. The molecule has 2 aromatic carbocycles. The summed E-state index contributed by atoms with van der Waals surface area (Å²) in [5.74, 6) is 0. The number of hydrogen-bond donors (Lipinski definition) is 0. The molecular weight excluding hydrogens is 336 g/mol. The number of hydrogen-bond acceptors (Lipinski definition) is 3.